The maximum atomic E-state index is 13.5. The third-order valence-electron chi connectivity index (χ3n) is 4.30. The lowest BCUT2D eigenvalue weighted by atomic mass is 10.1. The van der Waals surface area contributed by atoms with Crippen LogP contribution in [0.25, 0.3) is 11.3 Å². The highest BCUT2D eigenvalue weighted by molar-refractivity contribution is 6.29. The number of nitrogens with zero attached hydrogens (tertiary/aromatic N) is 3. The van der Waals surface area contributed by atoms with Crippen molar-refractivity contribution in [1.82, 2.24) is 14.8 Å². The molecule has 10 heteroatoms. The molecule has 0 bridgehead atoms. The minimum absolute atomic E-state index is 0.0411. The summed E-state index contributed by atoms with van der Waals surface area (Å²) in [7, 11) is 0. The number of benzene rings is 1. The van der Waals surface area contributed by atoms with E-state index in [2.05, 4.69) is 15.4 Å². The maximum absolute atomic E-state index is 13.5. The third kappa shape index (κ3) is 5.28. The van der Waals surface area contributed by atoms with Crippen LogP contribution in [0, 0.1) is 12.7 Å². The van der Waals surface area contributed by atoms with E-state index in [-0.39, 0.29) is 16.7 Å². The number of alkyl halides is 3. The highest BCUT2D eigenvalue weighted by Crippen LogP contribution is 2.34. The molecule has 1 aromatic carbocycles. The highest BCUT2D eigenvalue weighted by atomic mass is 35.5. The van der Waals surface area contributed by atoms with Crippen LogP contribution in [0.1, 0.15) is 24.6 Å². The Morgan fingerprint density at radius 1 is 1.20 bits per heavy atom. The molecule has 0 spiro atoms. The molecule has 0 unspecified atom stereocenters. The van der Waals surface area contributed by atoms with Gasteiger partial charge in [0.1, 0.15) is 11.0 Å². The molecule has 0 amide bonds. The molecule has 0 saturated heterocycles. The smallest absolute Gasteiger partial charge is 0.393 e. The van der Waals surface area contributed by atoms with Gasteiger partial charge in [-0.3, -0.25) is 4.68 Å². The number of hydrogen-bond acceptors (Lipinski definition) is 4. The van der Waals surface area contributed by atoms with E-state index in [1.807, 2.05) is 0 Å². The second-order valence-corrected chi connectivity index (χ2v) is 7.30. The van der Waals surface area contributed by atoms with Crippen molar-refractivity contribution in [3.8, 4) is 11.3 Å². The normalized spacial score (nSPS) is 12.8. The molecule has 0 saturated carbocycles. The summed E-state index contributed by atoms with van der Waals surface area (Å²) in [5.41, 5.74) is 0.721. The molecule has 2 heterocycles. The van der Waals surface area contributed by atoms with Gasteiger partial charge in [0.05, 0.1) is 17.4 Å². The van der Waals surface area contributed by atoms with Crippen LogP contribution >= 0.6 is 11.6 Å². The summed E-state index contributed by atoms with van der Waals surface area (Å²) < 4.78 is 54.1. The lowest BCUT2D eigenvalue weighted by Gasteiger charge is -2.10. The van der Waals surface area contributed by atoms with E-state index in [4.69, 9.17) is 11.6 Å². The molecule has 0 aliphatic carbocycles. The lowest BCUT2D eigenvalue weighted by Crippen LogP contribution is -2.10. The van der Waals surface area contributed by atoms with Crippen LogP contribution in [-0.4, -0.2) is 26.0 Å². The second kappa shape index (κ2) is 8.61. The number of halogens is 5. The van der Waals surface area contributed by atoms with Crippen molar-refractivity contribution >= 4 is 23.1 Å². The van der Waals surface area contributed by atoms with Crippen molar-refractivity contribution in [2.75, 3.05) is 5.32 Å². The minimum Gasteiger partial charge on any atom is -0.393 e. The zero-order valence-electron chi connectivity index (χ0n) is 16.1. The van der Waals surface area contributed by atoms with Crippen molar-refractivity contribution in [2.45, 2.75) is 39.1 Å². The van der Waals surface area contributed by atoms with Gasteiger partial charge in [0.15, 0.2) is 5.82 Å². The largest absolute Gasteiger partial charge is 0.419 e. The van der Waals surface area contributed by atoms with E-state index in [0.29, 0.717) is 36.0 Å². The van der Waals surface area contributed by atoms with Crippen LogP contribution < -0.4 is 5.32 Å². The first kappa shape index (κ1) is 22.0. The fourth-order valence-corrected chi connectivity index (χ4v) is 3.18. The Labute approximate surface area is 175 Å². The Balaban J connectivity index is 1.98. The first-order chi connectivity index (χ1) is 14.0. The van der Waals surface area contributed by atoms with E-state index < -0.39 is 23.7 Å². The molecule has 160 valence electrons. The average molecular weight is 443 g/mol. The molecule has 3 aromatic rings. The topological polar surface area (TPSA) is 63.0 Å². The summed E-state index contributed by atoms with van der Waals surface area (Å²) in [6, 6.07) is 7.73. The summed E-state index contributed by atoms with van der Waals surface area (Å²) >= 11 is 6.05. The first-order valence-electron chi connectivity index (χ1n) is 9.07. The van der Waals surface area contributed by atoms with Crippen molar-refractivity contribution in [2.24, 2.45) is 0 Å². The number of rotatable bonds is 6. The van der Waals surface area contributed by atoms with Crippen LogP contribution in [0.3, 0.4) is 0 Å². The average Bonchev–Trinajstić information content (AvgIpc) is 3.02. The highest BCUT2D eigenvalue weighted by Gasteiger charge is 2.34. The van der Waals surface area contributed by atoms with Crippen LogP contribution in [0.5, 0.6) is 0 Å². The van der Waals surface area contributed by atoms with Gasteiger partial charge >= 0.3 is 6.18 Å². The summed E-state index contributed by atoms with van der Waals surface area (Å²) in [6.07, 6.45) is -4.96. The van der Waals surface area contributed by atoms with Gasteiger partial charge in [0.25, 0.3) is 0 Å². The summed E-state index contributed by atoms with van der Waals surface area (Å²) in [6.45, 7) is 3.79. The molecule has 0 aliphatic heterocycles. The Kier molecular flexibility index (Phi) is 6.33. The molecule has 0 radical (unpaired) electrons. The molecule has 2 N–H and O–H groups in total. The van der Waals surface area contributed by atoms with Crippen LogP contribution in [0.15, 0.2) is 36.4 Å². The maximum Gasteiger partial charge on any atom is 0.419 e. The van der Waals surface area contributed by atoms with Crippen molar-refractivity contribution in [3.63, 3.8) is 0 Å². The fraction of sp³-hybridized carbons (Fsp3) is 0.300. The fourth-order valence-electron chi connectivity index (χ4n) is 2.93. The Morgan fingerprint density at radius 3 is 2.57 bits per heavy atom. The SMILES string of the molecule is Cc1cc(-c2cc(Nc3ccc(F)c(C(F)(F)F)c3)nn2CC[C@H](C)O)cc(Cl)n1. The molecule has 5 nitrogen and oxygen atoms in total. The molecule has 1 atom stereocenters. The first-order valence-corrected chi connectivity index (χ1v) is 9.45. The number of aryl methyl sites for hydroxylation is 2. The van der Waals surface area contributed by atoms with Crippen LogP contribution in [0.2, 0.25) is 5.15 Å². The Bertz CT molecular complexity index is 1030. The van der Waals surface area contributed by atoms with Gasteiger partial charge in [-0.15, -0.1) is 0 Å². The predicted octanol–water partition coefficient (Wildman–Crippen LogP) is 5.58. The van der Waals surface area contributed by atoms with E-state index in [0.717, 1.165) is 6.07 Å². The predicted molar refractivity (Wildman–Crippen MR) is 106 cm³/mol. The number of nitrogens with one attached hydrogen (secondary N) is 1. The number of pyridine rings is 1. The van der Waals surface area contributed by atoms with Gasteiger partial charge in [0.2, 0.25) is 0 Å². The quantitative estimate of drug-likeness (QED) is 0.386. The van der Waals surface area contributed by atoms with Gasteiger partial charge in [-0.2, -0.15) is 18.3 Å². The van der Waals surface area contributed by atoms with Crippen LogP contribution in [0.4, 0.5) is 29.1 Å². The Hall–Kier alpha value is -2.65. The van der Waals surface area contributed by atoms with E-state index in [1.54, 1.807) is 36.7 Å². The molecule has 30 heavy (non-hydrogen) atoms. The zero-order valence-corrected chi connectivity index (χ0v) is 16.9. The molecular formula is C20H19ClF4N4O. The van der Waals surface area contributed by atoms with E-state index in [1.165, 1.54) is 6.07 Å². The second-order valence-electron chi connectivity index (χ2n) is 6.91. The third-order valence-corrected chi connectivity index (χ3v) is 4.49. The number of hydrogen-bond donors (Lipinski definition) is 2. The van der Waals surface area contributed by atoms with E-state index >= 15 is 0 Å². The molecular weight excluding hydrogens is 424 g/mol. The monoisotopic (exact) mass is 442 g/mol. The number of aromatic nitrogens is 3. The van der Waals surface area contributed by atoms with Crippen molar-refractivity contribution < 1.29 is 22.7 Å². The van der Waals surface area contributed by atoms with Crippen LogP contribution in [-0.2, 0) is 12.7 Å². The lowest BCUT2D eigenvalue weighted by molar-refractivity contribution is -0.139. The molecule has 2 aromatic heterocycles. The van der Waals surface area contributed by atoms with Crippen molar-refractivity contribution in [3.05, 3.63) is 58.6 Å². The number of aliphatic hydroxyl groups is 1. The summed E-state index contributed by atoms with van der Waals surface area (Å²) in [5, 5.41) is 17.1. The molecule has 0 fully saturated rings. The van der Waals surface area contributed by atoms with Gasteiger partial charge in [-0.25, -0.2) is 9.37 Å². The number of anilines is 2. The van der Waals surface area contributed by atoms with Gasteiger partial charge in [-0.05, 0) is 50.6 Å². The summed E-state index contributed by atoms with van der Waals surface area (Å²) in [5.74, 6) is -1.08. The van der Waals surface area contributed by atoms with Gasteiger partial charge in [-0.1, -0.05) is 11.6 Å². The molecule has 3 rings (SSSR count). The minimum atomic E-state index is -4.81. The molecule has 0 aliphatic rings. The van der Waals surface area contributed by atoms with Gasteiger partial charge < -0.3 is 10.4 Å². The summed E-state index contributed by atoms with van der Waals surface area (Å²) in [4.78, 5) is 4.12. The van der Waals surface area contributed by atoms with E-state index in [9.17, 15) is 22.7 Å². The standard InChI is InChI=1S/C20H19ClF4N4O/c1-11-7-13(8-18(21)26-11)17-10-19(28-29(17)6-5-12(2)30)27-14-3-4-16(22)15(9-14)20(23,24)25/h3-4,7-10,12,30H,5-6H2,1-2H3,(H,27,28)/t12-/m0/s1. The van der Waals surface area contributed by atoms with Gasteiger partial charge in [0, 0.05) is 29.6 Å². The number of aliphatic hydroxyl groups excluding tert-OH is 1. The van der Waals surface area contributed by atoms with Crippen molar-refractivity contribution in [1.29, 1.82) is 0 Å². The zero-order chi connectivity index (χ0) is 22.1. The Morgan fingerprint density at radius 2 is 1.93 bits per heavy atom.